The molecular formula is C11H13ClN2O4. The van der Waals surface area contributed by atoms with Crippen LogP contribution in [0.1, 0.15) is 31.2 Å². The topological polar surface area (TPSA) is 85.5 Å². The van der Waals surface area contributed by atoms with Gasteiger partial charge in [0.2, 0.25) is 6.54 Å². The molecule has 0 radical (unpaired) electrons. The van der Waals surface area contributed by atoms with E-state index in [1.165, 1.54) is 0 Å². The molecule has 7 heteroatoms. The molecule has 0 spiro atoms. The van der Waals surface area contributed by atoms with Crippen LogP contribution in [0.15, 0.2) is 6.07 Å². The van der Waals surface area contributed by atoms with Gasteiger partial charge in [0.25, 0.3) is 0 Å². The van der Waals surface area contributed by atoms with E-state index in [1.54, 1.807) is 6.07 Å². The number of nitrogens with zero attached hydrogens (tertiary/aromatic N) is 2. The number of halogens is 1. The van der Waals surface area contributed by atoms with Crippen molar-refractivity contribution in [1.29, 1.82) is 0 Å². The van der Waals surface area contributed by atoms with Crippen molar-refractivity contribution in [2.45, 2.75) is 25.4 Å². The molecule has 0 aromatic carbocycles. The fourth-order valence-corrected chi connectivity index (χ4v) is 2.15. The summed E-state index contributed by atoms with van der Waals surface area (Å²) in [6, 6.07) is 1.63. The number of hydrogen-bond acceptors (Lipinski definition) is 5. The monoisotopic (exact) mass is 272 g/mol. The van der Waals surface area contributed by atoms with Crippen LogP contribution in [0.2, 0.25) is 5.15 Å². The Morgan fingerprint density at radius 2 is 2.39 bits per heavy atom. The van der Waals surface area contributed by atoms with E-state index >= 15 is 0 Å². The van der Waals surface area contributed by atoms with Gasteiger partial charge in [0.1, 0.15) is 0 Å². The highest BCUT2D eigenvalue weighted by Gasteiger charge is 2.35. The van der Waals surface area contributed by atoms with Crippen LogP contribution in [0.4, 0.5) is 0 Å². The van der Waals surface area contributed by atoms with Crippen molar-refractivity contribution in [1.82, 2.24) is 4.98 Å². The Morgan fingerprint density at radius 3 is 3.00 bits per heavy atom. The highest BCUT2D eigenvalue weighted by molar-refractivity contribution is 6.31. The zero-order chi connectivity index (χ0) is 13.5. The lowest BCUT2D eigenvalue weighted by atomic mass is 9.87. The predicted octanol–water partition coefficient (Wildman–Crippen LogP) is 1.72. The van der Waals surface area contributed by atoms with Gasteiger partial charge in [-0.1, -0.05) is 25.4 Å². The molecule has 0 amide bonds. The first kappa shape index (κ1) is 13.0. The van der Waals surface area contributed by atoms with E-state index in [-0.39, 0.29) is 16.3 Å². The van der Waals surface area contributed by atoms with Crippen LogP contribution in [0, 0.1) is 10.1 Å². The summed E-state index contributed by atoms with van der Waals surface area (Å²) in [5.74, 6) is 0.499. The van der Waals surface area contributed by atoms with Crippen molar-refractivity contribution in [3.05, 3.63) is 32.6 Å². The van der Waals surface area contributed by atoms with Gasteiger partial charge < -0.3 is 9.84 Å². The largest absolute Gasteiger partial charge is 0.489 e. The smallest absolute Gasteiger partial charge is 0.235 e. The third-order valence-electron chi connectivity index (χ3n) is 2.92. The van der Waals surface area contributed by atoms with Gasteiger partial charge in [0.15, 0.2) is 17.0 Å². The fraction of sp³-hybridized carbons (Fsp3) is 0.545. The third kappa shape index (κ3) is 2.26. The minimum absolute atomic E-state index is 0.135. The maximum Gasteiger partial charge on any atom is 0.235 e. The number of aliphatic hydroxyl groups excluding tert-OH is 1. The number of aliphatic hydroxyl groups is 1. The molecule has 1 atom stereocenters. The van der Waals surface area contributed by atoms with Gasteiger partial charge in [-0.2, -0.15) is 0 Å². The molecule has 0 aliphatic carbocycles. The molecule has 0 saturated carbocycles. The van der Waals surface area contributed by atoms with Crippen molar-refractivity contribution in [2.24, 2.45) is 0 Å². The Hall–Kier alpha value is -1.40. The predicted molar refractivity (Wildman–Crippen MR) is 64.6 cm³/mol. The van der Waals surface area contributed by atoms with Gasteiger partial charge in [-0.15, -0.1) is 0 Å². The summed E-state index contributed by atoms with van der Waals surface area (Å²) in [7, 11) is 0. The van der Waals surface area contributed by atoms with Gasteiger partial charge in [-0.05, 0) is 6.07 Å². The van der Waals surface area contributed by atoms with Gasteiger partial charge in [0.05, 0.1) is 12.3 Å². The van der Waals surface area contributed by atoms with Crippen LogP contribution >= 0.6 is 11.6 Å². The summed E-state index contributed by atoms with van der Waals surface area (Å²) in [5, 5.41) is 20.2. The van der Waals surface area contributed by atoms with Crippen molar-refractivity contribution in [2.75, 3.05) is 13.2 Å². The molecule has 18 heavy (non-hydrogen) atoms. The molecule has 1 aromatic rings. The lowest BCUT2D eigenvalue weighted by Gasteiger charge is -2.16. The molecule has 6 nitrogen and oxygen atoms in total. The standard InChI is InChI=1S/C11H13ClN2O4/c1-11(2)5-18-9-6(11)3-7(13-10(9)12)8(15)4-14(16)17/h3,8,15H,4-5H2,1-2H3. The molecular weight excluding hydrogens is 260 g/mol. The van der Waals surface area contributed by atoms with Crippen molar-refractivity contribution >= 4 is 11.6 Å². The van der Waals surface area contributed by atoms with E-state index in [2.05, 4.69) is 4.98 Å². The van der Waals surface area contributed by atoms with Crippen molar-refractivity contribution < 1.29 is 14.8 Å². The van der Waals surface area contributed by atoms with E-state index in [0.29, 0.717) is 12.4 Å². The molecule has 1 N–H and O–H groups in total. The first-order valence-electron chi connectivity index (χ1n) is 5.45. The lowest BCUT2D eigenvalue weighted by Crippen LogP contribution is -2.19. The minimum atomic E-state index is -1.26. The van der Waals surface area contributed by atoms with Crippen molar-refractivity contribution in [3.63, 3.8) is 0 Å². The second kappa shape index (κ2) is 4.37. The Bertz CT molecular complexity index is 504. The number of ether oxygens (including phenoxy) is 1. The number of rotatable bonds is 3. The molecule has 98 valence electrons. The number of aromatic nitrogens is 1. The SMILES string of the molecule is CC1(C)COc2c1cc(C(O)C[N+](=O)[O-])nc2Cl. The Labute approximate surface area is 109 Å². The normalized spacial score (nSPS) is 18.0. The Morgan fingerprint density at radius 1 is 1.72 bits per heavy atom. The van der Waals surface area contributed by atoms with Gasteiger partial charge in [-0.3, -0.25) is 10.1 Å². The number of pyridine rings is 1. The molecule has 0 bridgehead atoms. The lowest BCUT2D eigenvalue weighted by molar-refractivity contribution is -0.491. The number of hydrogen-bond donors (Lipinski definition) is 1. The Balaban J connectivity index is 2.41. The maximum atomic E-state index is 10.4. The zero-order valence-corrected chi connectivity index (χ0v) is 10.8. The molecule has 1 aliphatic rings. The van der Waals surface area contributed by atoms with Gasteiger partial charge in [-0.25, -0.2) is 4.98 Å². The molecule has 2 heterocycles. The second-order valence-corrected chi connectivity index (χ2v) is 5.28. The highest BCUT2D eigenvalue weighted by atomic mass is 35.5. The van der Waals surface area contributed by atoms with Crippen LogP contribution in [-0.2, 0) is 5.41 Å². The van der Waals surface area contributed by atoms with E-state index < -0.39 is 17.6 Å². The quantitative estimate of drug-likeness (QED) is 0.514. The van der Waals surface area contributed by atoms with Crippen LogP contribution < -0.4 is 4.74 Å². The summed E-state index contributed by atoms with van der Waals surface area (Å²) in [5.41, 5.74) is 0.777. The summed E-state index contributed by atoms with van der Waals surface area (Å²) in [6.07, 6.45) is -1.26. The molecule has 1 aliphatic heterocycles. The maximum absolute atomic E-state index is 10.4. The molecule has 2 rings (SSSR count). The van der Waals surface area contributed by atoms with E-state index in [0.717, 1.165) is 5.56 Å². The summed E-state index contributed by atoms with van der Waals surface area (Å²) in [6.45, 7) is 3.82. The van der Waals surface area contributed by atoms with E-state index in [4.69, 9.17) is 16.3 Å². The minimum Gasteiger partial charge on any atom is -0.489 e. The first-order chi connectivity index (χ1) is 8.31. The summed E-state index contributed by atoms with van der Waals surface area (Å²) in [4.78, 5) is 13.8. The van der Waals surface area contributed by atoms with Gasteiger partial charge in [0, 0.05) is 15.9 Å². The Kier molecular flexibility index (Phi) is 3.16. The summed E-state index contributed by atoms with van der Waals surface area (Å²) < 4.78 is 5.45. The van der Waals surface area contributed by atoms with Crippen LogP contribution in [-0.4, -0.2) is 28.2 Å². The van der Waals surface area contributed by atoms with Crippen LogP contribution in [0.25, 0.3) is 0 Å². The summed E-state index contributed by atoms with van der Waals surface area (Å²) >= 11 is 5.97. The zero-order valence-electron chi connectivity index (χ0n) is 10.0. The highest BCUT2D eigenvalue weighted by Crippen LogP contribution is 2.42. The van der Waals surface area contributed by atoms with Gasteiger partial charge >= 0.3 is 0 Å². The first-order valence-corrected chi connectivity index (χ1v) is 5.82. The van der Waals surface area contributed by atoms with Crippen LogP contribution in [0.3, 0.4) is 0 Å². The fourth-order valence-electron chi connectivity index (χ4n) is 1.90. The third-order valence-corrected chi connectivity index (χ3v) is 3.18. The van der Waals surface area contributed by atoms with E-state index in [1.807, 2.05) is 13.8 Å². The van der Waals surface area contributed by atoms with E-state index in [9.17, 15) is 15.2 Å². The van der Waals surface area contributed by atoms with Crippen molar-refractivity contribution in [3.8, 4) is 5.75 Å². The second-order valence-electron chi connectivity index (χ2n) is 4.92. The molecule has 0 saturated heterocycles. The average Bonchev–Trinajstić information content (AvgIpc) is 2.54. The molecule has 1 unspecified atom stereocenters. The van der Waals surface area contributed by atoms with Crippen LogP contribution in [0.5, 0.6) is 5.75 Å². The molecule has 1 aromatic heterocycles. The molecule has 0 fully saturated rings. The average molecular weight is 273 g/mol. The number of fused-ring (bicyclic) bond motifs is 1. The number of nitro groups is 1.